The van der Waals surface area contributed by atoms with Crippen molar-refractivity contribution in [3.8, 4) is 5.75 Å². The zero-order valence-corrected chi connectivity index (χ0v) is 25.0. The highest BCUT2D eigenvalue weighted by molar-refractivity contribution is 7.92. The molecule has 2 amide bonds. The van der Waals surface area contributed by atoms with Crippen molar-refractivity contribution in [1.29, 1.82) is 0 Å². The van der Waals surface area contributed by atoms with E-state index in [2.05, 4.69) is 5.32 Å². The number of hydrogen-bond donors (Lipinski definition) is 1. The SMILES string of the molecule is COc1cccc(CN(C(=O)CN(c2cccc(Cl)c2C)S(=O)(=O)c2ccccc2)[C@H](C)C(=O)NCC(C)C)c1. The van der Waals surface area contributed by atoms with Gasteiger partial charge in [0.05, 0.1) is 17.7 Å². The van der Waals surface area contributed by atoms with E-state index in [1.165, 1.54) is 17.0 Å². The third-order valence-corrected chi connectivity index (χ3v) is 8.64. The van der Waals surface area contributed by atoms with Crippen LogP contribution in [0.3, 0.4) is 0 Å². The summed E-state index contributed by atoms with van der Waals surface area (Å²) in [6.07, 6.45) is 0. The van der Waals surface area contributed by atoms with E-state index < -0.39 is 28.5 Å². The molecule has 1 atom stereocenters. The molecule has 0 aliphatic carbocycles. The number of rotatable bonds is 12. The van der Waals surface area contributed by atoms with Crippen molar-refractivity contribution in [2.24, 2.45) is 5.92 Å². The Bertz CT molecular complexity index is 1430. The predicted octanol–water partition coefficient (Wildman–Crippen LogP) is 5.04. The van der Waals surface area contributed by atoms with Crippen molar-refractivity contribution in [2.45, 2.75) is 45.2 Å². The number of methoxy groups -OCH3 is 1. The normalized spacial score (nSPS) is 12.1. The second-order valence-corrected chi connectivity index (χ2v) is 12.2. The van der Waals surface area contributed by atoms with Gasteiger partial charge in [-0.05, 0) is 67.3 Å². The monoisotopic (exact) mass is 585 g/mol. The summed E-state index contributed by atoms with van der Waals surface area (Å²) in [4.78, 5) is 28.5. The molecule has 0 heterocycles. The van der Waals surface area contributed by atoms with E-state index in [9.17, 15) is 18.0 Å². The van der Waals surface area contributed by atoms with Gasteiger partial charge in [-0.2, -0.15) is 0 Å². The Balaban J connectivity index is 2.05. The standard InChI is InChI=1S/C30H36ClN3O5S/c1-21(2)18-32-30(36)23(4)33(19-24-11-9-12-25(17-24)39-5)29(35)20-34(28-16-10-15-27(31)22(28)3)40(37,38)26-13-7-6-8-14-26/h6-17,21,23H,18-20H2,1-5H3,(H,32,36)/t23-/m1/s1. The van der Waals surface area contributed by atoms with Gasteiger partial charge in [0.2, 0.25) is 11.8 Å². The fourth-order valence-corrected chi connectivity index (χ4v) is 5.76. The smallest absolute Gasteiger partial charge is 0.264 e. The van der Waals surface area contributed by atoms with Crippen LogP contribution >= 0.6 is 11.6 Å². The third-order valence-electron chi connectivity index (χ3n) is 6.46. The molecule has 0 aromatic heterocycles. The first-order valence-electron chi connectivity index (χ1n) is 13.0. The van der Waals surface area contributed by atoms with E-state index in [0.29, 0.717) is 22.9 Å². The lowest BCUT2D eigenvalue weighted by Crippen LogP contribution is -2.51. The van der Waals surface area contributed by atoms with Gasteiger partial charge in [-0.1, -0.05) is 61.8 Å². The highest BCUT2D eigenvalue weighted by Gasteiger charge is 2.33. The van der Waals surface area contributed by atoms with E-state index in [-0.39, 0.29) is 29.0 Å². The maximum absolute atomic E-state index is 14.0. The van der Waals surface area contributed by atoms with Gasteiger partial charge in [0.1, 0.15) is 18.3 Å². The number of nitrogens with one attached hydrogen (secondary N) is 1. The molecule has 0 aliphatic rings. The van der Waals surface area contributed by atoms with Crippen LogP contribution in [0.1, 0.15) is 31.9 Å². The van der Waals surface area contributed by atoms with Crippen molar-refractivity contribution < 1.29 is 22.7 Å². The van der Waals surface area contributed by atoms with Crippen LogP contribution in [0.15, 0.2) is 77.7 Å². The Hall–Kier alpha value is -3.56. The number of carbonyl (C=O) groups excluding carboxylic acids is 2. The van der Waals surface area contributed by atoms with Crippen molar-refractivity contribution in [1.82, 2.24) is 10.2 Å². The molecule has 0 aliphatic heterocycles. The molecular formula is C30H36ClN3O5S. The molecule has 214 valence electrons. The minimum atomic E-state index is -4.17. The second kappa shape index (κ2) is 13.7. The molecule has 0 saturated carbocycles. The molecule has 10 heteroatoms. The Morgan fingerprint density at radius 2 is 1.65 bits per heavy atom. The van der Waals surface area contributed by atoms with Gasteiger partial charge < -0.3 is 15.0 Å². The Labute approximate surface area is 241 Å². The van der Waals surface area contributed by atoms with E-state index in [0.717, 1.165) is 9.87 Å². The van der Waals surface area contributed by atoms with E-state index >= 15 is 0 Å². The Kier molecular flexibility index (Phi) is 10.6. The van der Waals surface area contributed by atoms with Crippen molar-refractivity contribution >= 4 is 39.1 Å². The lowest BCUT2D eigenvalue weighted by molar-refractivity contribution is -0.139. The molecule has 0 spiro atoms. The maximum Gasteiger partial charge on any atom is 0.264 e. The number of carbonyl (C=O) groups is 2. The lowest BCUT2D eigenvalue weighted by Gasteiger charge is -2.32. The van der Waals surface area contributed by atoms with Gasteiger partial charge in [0.25, 0.3) is 10.0 Å². The highest BCUT2D eigenvalue weighted by atomic mass is 35.5. The summed E-state index contributed by atoms with van der Waals surface area (Å²) in [5.41, 5.74) is 1.52. The minimum Gasteiger partial charge on any atom is -0.497 e. The molecule has 3 aromatic rings. The first-order valence-corrected chi connectivity index (χ1v) is 14.8. The number of amides is 2. The topological polar surface area (TPSA) is 96.0 Å². The van der Waals surface area contributed by atoms with E-state index in [4.69, 9.17) is 16.3 Å². The molecule has 0 saturated heterocycles. The fraction of sp³-hybridized carbons (Fsp3) is 0.333. The number of sulfonamides is 1. The van der Waals surface area contributed by atoms with Crippen molar-refractivity contribution in [3.63, 3.8) is 0 Å². The molecule has 0 fully saturated rings. The number of hydrogen-bond acceptors (Lipinski definition) is 5. The lowest BCUT2D eigenvalue weighted by atomic mass is 10.1. The molecular weight excluding hydrogens is 550 g/mol. The summed E-state index contributed by atoms with van der Waals surface area (Å²) in [6, 6.07) is 19.1. The number of ether oxygens (including phenoxy) is 1. The third kappa shape index (κ3) is 7.55. The van der Waals surface area contributed by atoms with Crippen LogP contribution < -0.4 is 14.4 Å². The summed E-state index contributed by atoms with van der Waals surface area (Å²) >= 11 is 6.36. The summed E-state index contributed by atoms with van der Waals surface area (Å²) in [5, 5.41) is 3.24. The van der Waals surface area contributed by atoms with Crippen LogP contribution in [-0.2, 0) is 26.2 Å². The Morgan fingerprint density at radius 3 is 2.30 bits per heavy atom. The van der Waals surface area contributed by atoms with Gasteiger partial charge >= 0.3 is 0 Å². The maximum atomic E-state index is 14.0. The summed E-state index contributed by atoms with van der Waals surface area (Å²) in [7, 11) is -2.62. The van der Waals surface area contributed by atoms with Gasteiger partial charge in [0.15, 0.2) is 0 Å². The van der Waals surface area contributed by atoms with E-state index in [1.807, 2.05) is 19.9 Å². The molecule has 0 unspecified atom stereocenters. The number of benzene rings is 3. The minimum absolute atomic E-state index is 0.0317. The van der Waals surface area contributed by atoms with Gasteiger partial charge in [-0.15, -0.1) is 0 Å². The average Bonchev–Trinajstić information content (AvgIpc) is 2.95. The van der Waals surface area contributed by atoms with Gasteiger partial charge in [0, 0.05) is 18.1 Å². The first kappa shape index (κ1) is 31.0. The Morgan fingerprint density at radius 1 is 0.975 bits per heavy atom. The van der Waals surface area contributed by atoms with Crippen LogP contribution in [-0.4, -0.2) is 51.4 Å². The zero-order chi connectivity index (χ0) is 29.4. The average molecular weight is 586 g/mol. The number of halogens is 1. The quantitative estimate of drug-likeness (QED) is 0.321. The van der Waals surface area contributed by atoms with Gasteiger partial charge in [-0.25, -0.2) is 8.42 Å². The largest absolute Gasteiger partial charge is 0.497 e. The molecule has 8 nitrogen and oxygen atoms in total. The fourth-order valence-electron chi connectivity index (χ4n) is 4.10. The van der Waals surface area contributed by atoms with Crippen molar-refractivity contribution in [2.75, 3.05) is 24.5 Å². The van der Waals surface area contributed by atoms with E-state index in [1.54, 1.807) is 75.6 Å². The van der Waals surface area contributed by atoms with Crippen LogP contribution in [0.4, 0.5) is 5.69 Å². The van der Waals surface area contributed by atoms with Crippen LogP contribution in [0.25, 0.3) is 0 Å². The van der Waals surface area contributed by atoms with Crippen molar-refractivity contribution in [3.05, 3.63) is 88.9 Å². The van der Waals surface area contributed by atoms with Gasteiger partial charge in [-0.3, -0.25) is 13.9 Å². The van der Waals surface area contributed by atoms with Crippen LogP contribution in [0.5, 0.6) is 5.75 Å². The number of anilines is 1. The molecule has 0 bridgehead atoms. The second-order valence-electron chi connectivity index (χ2n) is 9.90. The summed E-state index contributed by atoms with van der Waals surface area (Å²) in [6.45, 7) is 7.26. The predicted molar refractivity (Wildman–Crippen MR) is 158 cm³/mol. The van der Waals surface area contributed by atoms with Crippen LogP contribution in [0, 0.1) is 12.8 Å². The molecule has 3 rings (SSSR count). The summed E-state index contributed by atoms with van der Waals surface area (Å²) < 4.78 is 34.2. The zero-order valence-electron chi connectivity index (χ0n) is 23.4. The first-order chi connectivity index (χ1) is 18.9. The molecule has 0 radical (unpaired) electrons. The molecule has 1 N–H and O–H groups in total. The highest BCUT2D eigenvalue weighted by Crippen LogP contribution is 2.31. The van der Waals surface area contributed by atoms with Crippen LogP contribution in [0.2, 0.25) is 5.02 Å². The summed E-state index contributed by atoms with van der Waals surface area (Å²) in [5.74, 6) is -0.0594. The number of nitrogens with zero attached hydrogens (tertiary/aromatic N) is 2. The molecule has 3 aromatic carbocycles. The molecule has 40 heavy (non-hydrogen) atoms.